The summed E-state index contributed by atoms with van der Waals surface area (Å²) >= 11 is 3.31. The Labute approximate surface area is 239 Å². The monoisotopic (exact) mass is 609 g/mol. The van der Waals surface area contributed by atoms with Crippen LogP contribution in [0.4, 0.5) is 15.9 Å². The van der Waals surface area contributed by atoms with Crippen LogP contribution in [0.2, 0.25) is 0 Å². The summed E-state index contributed by atoms with van der Waals surface area (Å²) in [6, 6.07) is 7.52. The van der Waals surface area contributed by atoms with Gasteiger partial charge in [0.2, 0.25) is 17.8 Å². The van der Waals surface area contributed by atoms with Gasteiger partial charge in [0.1, 0.15) is 22.2 Å². The summed E-state index contributed by atoms with van der Waals surface area (Å²) in [6.07, 6.45) is 1.85. The number of Topliss-reactive ketones (excluding diaryl/α,β-unsaturated/α-hetero) is 1. The molecule has 2 amide bonds. The molecular formula is C28H29BrFN7O3. The highest BCUT2D eigenvalue weighted by Gasteiger charge is 2.38. The summed E-state index contributed by atoms with van der Waals surface area (Å²) in [5, 5.41) is 14.1. The van der Waals surface area contributed by atoms with E-state index in [1.54, 1.807) is 19.1 Å². The molecule has 0 bridgehead atoms. The van der Waals surface area contributed by atoms with Crippen LogP contribution in [0.3, 0.4) is 0 Å². The molecule has 0 spiro atoms. The third kappa shape index (κ3) is 6.39. The van der Waals surface area contributed by atoms with Gasteiger partial charge in [0.15, 0.2) is 5.78 Å². The minimum atomic E-state index is -0.718. The van der Waals surface area contributed by atoms with Crippen molar-refractivity contribution in [1.29, 1.82) is 5.41 Å². The number of hydrogen-bond acceptors (Lipinski definition) is 8. The number of carbonyl (C=O) groups excluding carboxylic acids is 3. The zero-order valence-corrected chi connectivity index (χ0v) is 24.1. The number of amides is 2. The first-order chi connectivity index (χ1) is 18.9. The molecule has 0 aliphatic carbocycles. The number of aromatic nitrogens is 3. The van der Waals surface area contributed by atoms with E-state index in [1.807, 2.05) is 19.9 Å². The van der Waals surface area contributed by atoms with Crippen molar-refractivity contribution in [3.05, 3.63) is 63.9 Å². The minimum Gasteiger partial charge on any atom is -0.374 e. The summed E-state index contributed by atoms with van der Waals surface area (Å²) < 4.78 is 15.1. The fourth-order valence-electron chi connectivity index (χ4n) is 4.53. The van der Waals surface area contributed by atoms with Crippen LogP contribution >= 0.6 is 15.9 Å². The molecular weight excluding hydrogens is 581 g/mol. The van der Waals surface area contributed by atoms with Crippen molar-refractivity contribution in [2.24, 2.45) is 5.92 Å². The fourth-order valence-corrected chi connectivity index (χ4v) is 4.84. The quantitative estimate of drug-likeness (QED) is 0.255. The van der Waals surface area contributed by atoms with Gasteiger partial charge < -0.3 is 15.5 Å². The van der Waals surface area contributed by atoms with Gasteiger partial charge in [-0.3, -0.25) is 24.8 Å². The van der Waals surface area contributed by atoms with Crippen molar-refractivity contribution >= 4 is 50.7 Å². The lowest BCUT2D eigenvalue weighted by Gasteiger charge is -2.24. The zero-order valence-electron chi connectivity index (χ0n) is 22.5. The zero-order chi connectivity index (χ0) is 29.1. The molecule has 4 rings (SSSR count). The van der Waals surface area contributed by atoms with Gasteiger partial charge in [-0.05, 0) is 71.9 Å². The third-order valence-electron chi connectivity index (χ3n) is 6.66. The second kappa shape index (κ2) is 12.0. The molecule has 0 saturated carbocycles. The van der Waals surface area contributed by atoms with E-state index in [0.29, 0.717) is 29.1 Å². The summed E-state index contributed by atoms with van der Waals surface area (Å²) in [7, 11) is 0. The van der Waals surface area contributed by atoms with Crippen molar-refractivity contribution in [1.82, 2.24) is 19.9 Å². The maximum Gasteiger partial charge on any atom is 0.248 e. The summed E-state index contributed by atoms with van der Waals surface area (Å²) in [6.45, 7) is 6.91. The largest absolute Gasteiger partial charge is 0.374 e. The van der Waals surface area contributed by atoms with Crippen LogP contribution in [0.15, 0.2) is 41.1 Å². The van der Waals surface area contributed by atoms with Crippen LogP contribution in [0, 0.1) is 31.1 Å². The van der Waals surface area contributed by atoms with Crippen LogP contribution < -0.4 is 10.6 Å². The number of rotatable bonds is 8. The average Bonchev–Trinajstić information content (AvgIpc) is 3.31. The van der Waals surface area contributed by atoms with Gasteiger partial charge in [-0.2, -0.15) is 4.39 Å². The number of halogens is 2. The lowest BCUT2D eigenvalue weighted by atomic mass is 10.0. The molecule has 0 radical (unpaired) electrons. The molecule has 1 saturated heterocycles. The molecule has 0 aromatic carbocycles. The number of likely N-dealkylation sites (tertiary alicyclic amines) is 1. The summed E-state index contributed by atoms with van der Waals surface area (Å²) in [4.78, 5) is 52.5. The van der Waals surface area contributed by atoms with Gasteiger partial charge in [0.05, 0.1) is 29.7 Å². The molecule has 1 aliphatic heterocycles. The highest BCUT2D eigenvalue weighted by molar-refractivity contribution is 9.10. The topological polar surface area (TPSA) is 141 Å². The molecule has 4 heterocycles. The molecule has 2 unspecified atom stereocenters. The molecule has 208 valence electrons. The lowest BCUT2D eigenvalue weighted by Crippen LogP contribution is -2.45. The van der Waals surface area contributed by atoms with E-state index >= 15 is 0 Å². The fraction of sp³-hybridized carbons (Fsp3) is 0.321. The molecule has 1 aliphatic rings. The predicted octanol–water partition coefficient (Wildman–Crippen LogP) is 4.30. The number of hydrogen-bond donors (Lipinski definition) is 3. The average molecular weight is 610 g/mol. The van der Waals surface area contributed by atoms with Crippen molar-refractivity contribution < 1.29 is 18.8 Å². The first-order valence-corrected chi connectivity index (χ1v) is 13.4. The Hall–Kier alpha value is -4.06. The molecule has 3 N–H and O–H groups in total. The maximum absolute atomic E-state index is 14.5. The van der Waals surface area contributed by atoms with Crippen LogP contribution in [-0.2, 0) is 14.4 Å². The van der Waals surface area contributed by atoms with E-state index in [0.717, 1.165) is 5.56 Å². The maximum atomic E-state index is 14.5. The Bertz CT molecular complexity index is 1510. The van der Waals surface area contributed by atoms with Gasteiger partial charge in [-0.25, -0.2) is 9.97 Å². The van der Waals surface area contributed by atoms with Gasteiger partial charge in [0, 0.05) is 24.7 Å². The van der Waals surface area contributed by atoms with Crippen molar-refractivity contribution in [3.63, 3.8) is 0 Å². The number of nitrogens with zero attached hydrogens (tertiary/aromatic N) is 4. The Morgan fingerprint density at radius 2 is 1.93 bits per heavy atom. The van der Waals surface area contributed by atoms with E-state index in [1.165, 1.54) is 30.2 Å². The van der Waals surface area contributed by atoms with Crippen LogP contribution in [0.5, 0.6) is 0 Å². The second-order valence-corrected chi connectivity index (χ2v) is 10.7. The number of aryl methyl sites for hydroxylation is 2. The van der Waals surface area contributed by atoms with Crippen LogP contribution in [-0.4, -0.2) is 62.3 Å². The van der Waals surface area contributed by atoms with Crippen LogP contribution in [0.25, 0.3) is 11.3 Å². The Morgan fingerprint density at radius 1 is 1.18 bits per heavy atom. The number of ketones is 1. The number of pyridine rings is 3. The summed E-state index contributed by atoms with van der Waals surface area (Å²) in [5.41, 5.74) is 1.74. The first kappa shape index (κ1) is 28.9. The molecule has 3 aromatic heterocycles. The van der Waals surface area contributed by atoms with Crippen molar-refractivity contribution in [3.8, 4) is 11.3 Å². The Kier molecular flexibility index (Phi) is 8.67. The highest BCUT2D eigenvalue weighted by atomic mass is 79.9. The van der Waals surface area contributed by atoms with E-state index in [9.17, 15) is 18.8 Å². The predicted molar refractivity (Wildman–Crippen MR) is 153 cm³/mol. The van der Waals surface area contributed by atoms with E-state index < -0.39 is 17.8 Å². The normalized spacial score (nSPS) is 16.5. The molecule has 2 atom stereocenters. The standard InChI is InChI=1S/C28H29BrFN7O3/c1-14-9-22(28(40)36-27-15(2)5-8-23(29)35-27)37(13-14)24(39)12-33-21-11-32-20(10-19(21)25(31)17(4)38)18-7-6-16(3)34-26(18)30/h5-8,10-11,14,22,31,33H,9,12-13H2,1-4H3,(H,35,36,40). The molecule has 1 fully saturated rings. The molecule has 3 aromatic rings. The van der Waals surface area contributed by atoms with Crippen molar-refractivity contribution in [2.45, 2.75) is 40.2 Å². The Balaban J connectivity index is 1.53. The number of carbonyl (C=O) groups is 3. The lowest BCUT2D eigenvalue weighted by molar-refractivity contribution is -0.135. The highest BCUT2D eigenvalue weighted by Crippen LogP contribution is 2.27. The van der Waals surface area contributed by atoms with Gasteiger partial charge in [-0.15, -0.1) is 0 Å². The second-order valence-electron chi connectivity index (χ2n) is 9.88. The number of anilines is 2. The van der Waals surface area contributed by atoms with E-state index in [4.69, 9.17) is 5.41 Å². The van der Waals surface area contributed by atoms with Gasteiger partial charge in [0.25, 0.3) is 0 Å². The number of nitrogens with one attached hydrogen (secondary N) is 3. The Morgan fingerprint density at radius 3 is 2.62 bits per heavy atom. The minimum absolute atomic E-state index is 0.108. The van der Waals surface area contributed by atoms with Gasteiger partial charge in [-0.1, -0.05) is 13.0 Å². The van der Waals surface area contributed by atoms with E-state index in [2.05, 4.69) is 41.5 Å². The van der Waals surface area contributed by atoms with Crippen LogP contribution in [0.1, 0.15) is 37.1 Å². The first-order valence-electron chi connectivity index (χ1n) is 12.6. The molecule has 40 heavy (non-hydrogen) atoms. The molecule has 10 nitrogen and oxygen atoms in total. The SMILES string of the molecule is CC(=O)C(=N)c1cc(-c2ccc(C)nc2F)ncc1NCC(=O)N1CC(C)CC1C(=O)Nc1nc(Br)ccc1C. The smallest absolute Gasteiger partial charge is 0.248 e. The van der Waals surface area contributed by atoms with E-state index in [-0.39, 0.29) is 52.5 Å². The summed E-state index contributed by atoms with van der Waals surface area (Å²) in [5.74, 6) is -1.35. The van der Waals surface area contributed by atoms with Crippen molar-refractivity contribution in [2.75, 3.05) is 23.7 Å². The molecule has 12 heteroatoms. The third-order valence-corrected chi connectivity index (χ3v) is 7.10. The van der Waals surface area contributed by atoms with Gasteiger partial charge >= 0.3 is 0 Å².